The number of amides is 1. The van der Waals surface area contributed by atoms with Crippen molar-refractivity contribution in [2.75, 3.05) is 5.75 Å². The number of carbonyl (C=O) groups excluding carboxylic acids is 1. The highest BCUT2D eigenvalue weighted by molar-refractivity contribution is 8.00. The van der Waals surface area contributed by atoms with Crippen molar-refractivity contribution in [3.63, 3.8) is 0 Å². The van der Waals surface area contributed by atoms with Gasteiger partial charge >= 0.3 is 0 Å². The van der Waals surface area contributed by atoms with E-state index in [0.29, 0.717) is 38.9 Å². The summed E-state index contributed by atoms with van der Waals surface area (Å²) in [6.45, 7) is 0. The molecule has 1 N–H and O–H groups in total. The maximum absolute atomic E-state index is 13.4. The largest absolute Gasteiger partial charge is 0.345 e. The third-order valence-corrected chi connectivity index (χ3v) is 8.68. The Morgan fingerprint density at radius 3 is 2.27 bits per heavy atom. The summed E-state index contributed by atoms with van der Waals surface area (Å²) >= 11 is 15.8. The molecule has 0 saturated carbocycles. The molecule has 0 aliphatic rings. The van der Waals surface area contributed by atoms with Gasteiger partial charge in [0.15, 0.2) is 11.0 Å². The van der Waals surface area contributed by atoms with Crippen LogP contribution in [-0.2, 0) is 17.0 Å². The number of aromatic nitrogens is 3. The molecule has 0 fully saturated rings. The lowest BCUT2D eigenvalue weighted by molar-refractivity contribution is -0.119. The van der Waals surface area contributed by atoms with E-state index in [9.17, 15) is 9.18 Å². The van der Waals surface area contributed by atoms with E-state index in [1.54, 1.807) is 24.3 Å². The molecule has 208 valence electrons. The van der Waals surface area contributed by atoms with Gasteiger partial charge in [-0.2, -0.15) is 0 Å². The van der Waals surface area contributed by atoms with Crippen LogP contribution in [0.5, 0.6) is 0 Å². The smallest absolute Gasteiger partial charge is 0.230 e. The molecule has 0 aliphatic carbocycles. The molecule has 4 aromatic carbocycles. The van der Waals surface area contributed by atoms with Crippen molar-refractivity contribution < 1.29 is 9.18 Å². The lowest BCUT2D eigenvalue weighted by Crippen LogP contribution is -2.33. The van der Waals surface area contributed by atoms with E-state index in [0.717, 1.165) is 16.0 Å². The van der Waals surface area contributed by atoms with Gasteiger partial charge in [-0.1, -0.05) is 95.6 Å². The van der Waals surface area contributed by atoms with Gasteiger partial charge < -0.3 is 5.32 Å². The van der Waals surface area contributed by atoms with Crippen LogP contribution in [0.4, 0.5) is 4.39 Å². The van der Waals surface area contributed by atoms with Crippen LogP contribution in [0, 0.1) is 5.82 Å². The van der Waals surface area contributed by atoms with Crippen LogP contribution in [0.2, 0.25) is 10.0 Å². The third kappa shape index (κ3) is 7.92. The van der Waals surface area contributed by atoms with Gasteiger partial charge in [0.1, 0.15) is 5.82 Å². The molecule has 1 amide bonds. The number of rotatable bonds is 11. The second-order valence-electron chi connectivity index (χ2n) is 9.10. The van der Waals surface area contributed by atoms with Gasteiger partial charge in [0.05, 0.1) is 22.5 Å². The Kier molecular flexibility index (Phi) is 10.0. The quantitative estimate of drug-likeness (QED) is 0.150. The van der Waals surface area contributed by atoms with Crippen LogP contribution in [0.15, 0.2) is 113 Å². The zero-order valence-corrected chi connectivity index (χ0v) is 24.9. The fourth-order valence-corrected chi connectivity index (χ4v) is 6.31. The Bertz CT molecular complexity index is 1600. The Hall–Kier alpha value is -3.30. The predicted molar refractivity (Wildman–Crippen MR) is 166 cm³/mol. The lowest BCUT2D eigenvalue weighted by atomic mass is 10.1. The van der Waals surface area contributed by atoms with Crippen LogP contribution in [0.1, 0.15) is 23.0 Å². The third-order valence-electron chi connectivity index (χ3n) is 6.13. The monoisotopic (exact) mass is 622 g/mol. The first-order valence-corrected chi connectivity index (χ1v) is 15.5. The number of thioether (sulfide) groups is 2. The molecule has 5 aromatic rings. The van der Waals surface area contributed by atoms with Crippen LogP contribution in [0.3, 0.4) is 0 Å². The zero-order chi connectivity index (χ0) is 28.6. The summed E-state index contributed by atoms with van der Waals surface area (Å²) in [7, 11) is 0. The maximum Gasteiger partial charge on any atom is 0.230 e. The highest BCUT2D eigenvalue weighted by Gasteiger charge is 2.26. The number of halogens is 3. The normalized spacial score (nSPS) is 11.8. The van der Waals surface area contributed by atoms with Gasteiger partial charge in [0.25, 0.3) is 0 Å². The number of carbonyl (C=O) groups is 1. The van der Waals surface area contributed by atoms with Crippen LogP contribution in [0.25, 0.3) is 5.69 Å². The number of nitrogens with one attached hydrogen (secondary N) is 1. The summed E-state index contributed by atoms with van der Waals surface area (Å²) in [6, 6.07) is 30.8. The Morgan fingerprint density at radius 1 is 0.854 bits per heavy atom. The van der Waals surface area contributed by atoms with E-state index < -0.39 is 6.04 Å². The summed E-state index contributed by atoms with van der Waals surface area (Å²) < 4.78 is 15.3. The van der Waals surface area contributed by atoms with E-state index in [4.69, 9.17) is 23.2 Å². The fourth-order valence-electron chi connectivity index (χ4n) is 4.18. The Morgan fingerprint density at radius 2 is 1.56 bits per heavy atom. The van der Waals surface area contributed by atoms with Gasteiger partial charge in [0.2, 0.25) is 5.91 Å². The Labute approximate surface area is 256 Å². The van der Waals surface area contributed by atoms with Crippen molar-refractivity contribution in [1.29, 1.82) is 0 Å². The molecule has 0 spiro atoms. The molecule has 1 heterocycles. The predicted octanol–water partition coefficient (Wildman–Crippen LogP) is 8.20. The molecule has 5 rings (SSSR count). The molecule has 0 saturated heterocycles. The number of hydrogen-bond acceptors (Lipinski definition) is 5. The average Bonchev–Trinajstić information content (AvgIpc) is 3.40. The number of benzene rings is 4. The van der Waals surface area contributed by atoms with Crippen molar-refractivity contribution in [3.05, 3.63) is 136 Å². The van der Waals surface area contributed by atoms with E-state index in [-0.39, 0.29) is 17.5 Å². The minimum atomic E-state index is -0.499. The van der Waals surface area contributed by atoms with Crippen molar-refractivity contribution in [1.82, 2.24) is 20.1 Å². The van der Waals surface area contributed by atoms with Gasteiger partial charge in [-0.15, -0.1) is 22.0 Å². The van der Waals surface area contributed by atoms with Crippen LogP contribution in [-0.4, -0.2) is 26.4 Å². The van der Waals surface area contributed by atoms with Gasteiger partial charge in [0, 0.05) is 15.7 Å². The van der Waals surface area contributed by atoms with Crippen molar-refractivity contribution >= 4 is 52.6 Å². The van der Waals surface area contributed by atoms with E-state index >= 15 is 0 Å². The highest BCUT2D eigenvalue weighted by atomic mass is 35.5. The average molecular weight is 624 g/mol. The minimum absolute atomic E-state index is 0.128. The lowest BCUT2D eigenvalue weighted by Gasteiger charge is -2.21. The first-order valence-electron chi connectivity index (χ1n) is 12.8. The van der Waals surface area contributed by atoms with Crippen LogP contribution >= 0.6 is 46.7 Å². The summed E-state index contributed by atoms with van der Waals surface area (Å²) in [5.74, 6) is 0.904. The molecule has 1 atom stereocenters. The van der Waals surface area contributed by atoms with Crippen molar-refractivity contribution in [2.45, 2.75) is 28.3 Å². The second kappa shape index (κ2) is 14.0. The van der Waals surface area contributed by atoms with Gasteiger partial charge in [-0.05, 0) is 60.0 Å². The first kappa shape index (κ1) is 29.2. The Balaban J connectivity index is 1.48. The first-order chi connectivity index (χ1) is 20.0. The molecular formula is C31H25Cl2FN4OS2. The van der Waals surface area contributed by atoms with E-state index in [2.05, 4.69) is 15.5 Å². The molecule has 0 aliphatic heterocycles. The second-order valence-corrected chi connectivity index (χ2v) is 11.9. The molecule has 0 bridgehead atoms. The van der Waals surface area contributed by atoms with Crippen LogP contribution < -0.4 is 5.32 Å². The zero-order valence-electron chi connectivity index (χ0n) is 21.7. The van der Waals surface area contributed by atoms with E-state index in [1.165, 1.54) is 35.7 Å². The molecule has 10 heteroatoms. The summed E-state index contributed by atoms with van der Waals surface area (Å²) in [5.41, 5.74) is 2.61. The molecular weight excluding hydrogens is 598 g/mol. The van der Waals surface area contributed by atoms with Gasteiger partial charge in [-0.3, -0.25) is 9.36 Å². The topological polar surface area (TPSA) is 59.8 Å². The van der Waals surface area contributed by atoms with Gasteiger partial charge in [-0.25, -0.2) is 4.39 Å². The highest BCUT2D eigenvalue weighted by Crippen LogP contribution is 2.33. The molecule has 41 heavy (non-hydrogen) atoms. The molecule has 0 radical (unpaired) electrons. The van der Waals surface area contributed by atoms with Crippen molar-refractivity contribution in [2.24, 2.45) is 0 Å². The SMILES string of the molecule is O=C(CSc1ccccc1)NC(Cc1ccccc1)c1nnc(SCc2ccc(F)cc2)n1-c1ccc(Cl)cc1Cl. The summed E-state index contributed by atoms with van der Waals surface area (Å²) in [5, 5.41) is 13.8. The summed E-state index contributed by atoms with van der Waals surface area (Å²) in [4.78, 5) is 14.2. The van der Waals surface area contributed by atoms with Crippen molar-refractivity contribution in [3.8, 4) is 5.69 Å². The van der Waals surface area contributed by atoms with E-state index in [1.807, 2.05) is 71.3 Å². The number of hydrogen-bond donors (Lipinski definition) is 1. The minimum Gasteiger partial charge on any atom is -0.345 e. The maximum atomic E-state index is 13.4. The molecule has 1 unspecified atom stereocenters. The standard InChI is InChI=1S/C31H25Cl2FN4OS2/c32-23-13-16-28(26(33)18-23)38-30(36-37-31(38)41-19-22-11-14-24(34)15-12-22)27(17-21-7-3-1-4-8-21)35-29(39)20-40-25-9-5-2-6-10-25/h1-16,18,27H,17,19-20H2,(H,35,39). The molecule has 1 aromatic heterocycles. The molecule has 5 nitrogen and oxygen atoms in total. The fraction of sp³-hybridized carbons (Fsp3) is 0.129. The summed E-state index contributed by atoms with van der Waals surface area (Å²) in [6.07, 6.45) is 0.495. The number of nitrogens with zero attached hydrogens (tertiary/aromatic N) is 3.